The van der Waals surface area contributed by atoms with Crippen LogP contribution >= 0.6 is 11.3 Å². The number of halogens is 1. The molecule has 0 aliphatic carbocycles. The lowest BCUT2D eigenvalue weighted by Crippen LogP contribution is -2.45. The zero-order valence-corrected chi connectivity index (χ0v) is 22.9. The van der Waals surface area contributed by atoms with Crippen molar-refractivity contribution >= 4 is 23.2 Å². The van der Waals surface area contributed by atoms with E-state index in [1.807, 2.05) is 28.0 Å². The van der Waals surface area contributed by atoms with Crippen molar-refractivity contribution in [3.8, 4) is 0 Å². The summed E-state index contributed by atoms with van der Waals surface area (Å²) in [5, 5.41) is 2.08. The molecular formula is C31H36FN3O2S. The second-order valence-electron chi connectivity index (χ2n) is 10.3. The van der Waals surface area contributed by atoms with Crippen molar-refractivity contribution in [1.82, 2.24) is 14.7 Å². The number of thiophene rings is 1. The van der Waals surface area contributed by atoms with Crippen LogP contribution in [0.5, 0.6) is 0 Å². The second kappa shape index (κ2) is 12.2. The molecule has 0 N–H and O–H groups in total. The van der Waals surface area contributed by atoms with Gasteiger partial charge in [0.15, 0.2) is 0 Å². The van der Waals surface area contributed by atoms with Crippen LogP contribution in [0.15, 0.2) is 60.0 Å². The van der Waals surface area contributed by atoms with Gasteiger partial charge >= 0.3 is 0 Å². The van der Waals surface area contributed by atoms with Crippen LogP contribution in [0.2, 0.25) is 0 Å². The predicted molar refractivity (Wildman–Crippen MR) is 150 cm³/mol. The molecule has 0 unspecified atom stereocenters. The summed E-state index contributed by atoms with van der Waals surface area (Å²) in [6, 6.07) is 16.7. The number of benzene rings is 2. The van der Waals surface area contributed by atoms with Gasteiger partial charge in [-0.3, -0.25) is 14.5 Å². The van der Waals surface area contributed by atoms with Gasteiger partial charge in [0.05, 0.1) is 12.6 Å². The first-order chi connectivity index (χ1) is 18.5. The SMILES string of the molecule is CCCCc1ccc(C(=O)N2CCCN(C(=O)CN3CCc4sccc4[C@@H]3c3cccc(F)c3)CC2)cc1. The van der Waals surface area contributed by atoms with E-state index >= 15 is 0 Å². The molecule has 0 bridgehead atoms. The number of carbonyl (C=O) groups is 2. The van der Waals surface area contributed by atoms with Crippen molar-refractivity contribution in [2.24, 2.45) is 0 Å². The Morgan fingerprint density at radius 2 is 1.76 bits per heavy atom. The molecule has 1 fully saturated rings. The molecule has 2 aliphatic rings. The van der Waals surface area contributed by atoms with E-state index in [0.717, 1.165) is 44.2 Å². The Hall–Kier alpha value is -3.03. The van der Waals surface area contributed by atoms with E-state index in [9.17, 15) is 14.0 Å². The lowest BCUT2D eigenvalue weighted by Gasteiger charge is -2.37. The van der Waals surface area contributed by atoms with Gasteiger partial charge < -0.3 is 9.80 Å². The number of hydrogen-bond acceptors (Lipinski definition) is 4. The fourth-order valence-electron chi connectivity index (χ4n) is 5.63. The van der Waals surface area contributed by atoms with Crippen molar-refractivity contribution in [1.29, 1.82) is 0 Å². The summed E-state index contributed by atoms with van der Waals surface area (Å²) >= 11 is 1.73. The number of rotatable bonds is 7. The molecule has 1 atom stereocenters. The molecule has 2 amide bonds. The molecule has 1 aromatic heterocycles. The molecule has 3 aromatic rings. The molecule has 5 nitrogen and oxygen atoms in total. The highest BCUT2D eigenvalue weighted by atomic mass is 32.1. The van der Waals surface area contributed by atoms with Gasteiger partial charge in [0.1, 0.15) is 5.82 Å². The van der Waals surface area contributed by atoms with Gasteiger partial charge in [-0.15, -0.1) is 11.3 Å². The molecule has 7 heteroatoms. The fraction of sp³-hybridized carbons (Fsp3) is 0.419. The van der Waals surface area contributed by atoms with Gasteiger partial charge in [0, 0.05) is 43.2 Å². The Labute approximate surface area is 228 Å². The number of hydrogen-bond donors (Lipinski definition) is 0. The number of unbranched alkanes of at least 4 members (excludes halogenated alkanes) is 1. The van der Waals surface area contributed by atoms with Gasteiger partial charge in [0.25, 0.3) is 5.91 Å². The summed E-state index contributed by atoms with van der Waals surface area (Å²) < 4.78 is 14.1. The molecular weight excluding hydrogens is 497 g/mol. The Morgan fingerprint density at radius 1 is 0.974 bits per heavy atom. The molecule has 2 aliphatic heterocycles. The van der Waals surface area contributed by atoms with E-state index in [0.29, 0.717) is 31.7 Å². The van der Waals surface area contributed by atoms with Gasteiger partial charge in [-0.05, 0) is 78.1 Å². The minimum atomic E-state index is -0.260. The second-order valence-corrected chi connectivity index (χ2v) is 11.3. The van der Waals surface area contributed by atoms with Gasteiger partial charge in [-0.25, -0.2) is 4.39 Å². The van der Waals surface area contributed by atoms with Crippen molar-refractivity contribution in [2.75, 3.05) is 39.3 Å². The van der Waals surface area contributed by atoms with Crippen molar-refractivity contribution in [3.05, 3.63) is 92.9 Å². The van der Waals surface area contributed by atoms with Crippen LogP contribution in [-0.2, 0) is 17.6 Å². The van der Waals surface area contributed by atoms with Crippen LogP contribution in [0.1, 0.15) is 64.2 Å². The summed E-state index contributed by atoms with van der Waals surface area (Å²) in [6.45, 7) is 5.57. The van der Waals surface area contributed by atoms with Crippen molar-refractivity contribution in [3.63, 3.8) is 0 Å². The van der Waals surface area contributed by atoms with E-state index < -0.39 is 0 Å². The molecule has 5 rings (SSSR count). The maximum absolute atomic E-state index is 14.1. The number of carbonyl (C=O) groups excluding carboxylic acids is 2. The maximum atomic E-state index is 14.1. The van der Waals surface area contributed by atoms with Crippen LogP contribution < -0.4 is 0 Å². The van der Waals surface area contributed by atoms with Crippen LogP contribution in [0.4, 0.5) is 4.39 Å². The van der Waals surface area contributed by atoms with E-state index in [2.05, 4.69) is 35.4 Å². The lowest BCUT2D eigenvalue weighted by molar-refractivity contribution is -0.132. The van der Waals surface area contributed by atoms with E-state index in [4.69, 9.17) is 0 Å². The first-order valence-electron chi connectivity index (χ1n) is 13.7. The third-order valence-corrected chi connectivity index (χ3v) is 8.72. The minimum Gasteiger partial charge on any atom is -0.340 e. The highest BCUT2D eigenvalue weighted by molar-refractivity contribution is 7.10. The molecule has 3 heterocycles. The summed E-state index contributed by atoms with van der Waals surface area (Å²) in [4.78, 5) is 33.9. The first-order valence-corrected chi connectivity index (χ1v) is 14.6. The van der Waals surface area contributed by atoms with Crippen molar-refractivity contribution in [2.45, 2.75) is 45.1 Å². The molecule has 2 aromatic carbocycles. The average molecular weight is 534 g/mol. The van der Waals surface area contributed by atoms with Crippen molar-refractivity contribution < 1.29 is 14.0 Å². The van der Waals surface area contributed by atoms with Gasteiger partial charge in [0.2, 0.25) is 5.91 Å². The van der Waals surface area contributed by atoms with Crippen LogP contribution in [-0.4, -0.2) is 65.8 Å². The van der Waals surface area contributed by atoms with E-state index in [1.165, 1.54) is 22.1 Å². The maximum Gasteiger partial charge on any atom is 0.253 e. The zero-order valence-electron chi connectivity index (χ0n) is 22.1. The van der Waals surface area contributed by atoms with Crippen LogP contribution in [0, 0.1) is 5.82 Å². The average Bonchev–Trinajstić information content (AvgIpc) is 3.27. The van der Waals surface area contributed by atoms with Crippen LogP contribution in [0.3, 0.4) is 0 Å². The number of amides is 2. The summed E-state index contributed by atoms with van der Waals surface area (Å²) in [5.74, 6) is -0.155. The Kier molecular flexibility index (Phi) is 8.55. The number of aryl methyl sites for hydroxylation is 1. The lowest BCUT2D eigenvalue weighted by atomic mass is 9.93. The van der Waals surface area contributed by atoms with Gasteiger partial charge in [-0.1, -0.05) is 37.6 Å². The predicted octanol–water partition coefficient (Wildman–Crippen LogP) is 5.55. The summed E-state index contributed by atoms with van der Waals surface area (Å²) in [6.07, 6.45) is 5.00. The summed E-state index contributed by atoms with van der Waals surface area (Å²) in [7, 11) is 0. The highest BCUT2D eigenvalue weighted by Gasteiger charge is 2.32. The third kappa shape index (κ3) is 6.00. The molecule has 200 valence electrons. The summed E-state index contributed by atoms with van der Waals surface area (Å²) in [5.41, 5.74) is 4.03. The van der Waals surface area contributed by atoms with E-state index in [1.54, 1.807) is 23.5 Å². The minimum absolute atomic E-state index is 0.0357. The standard InChI is InChI=1S/C31H36FN3O2S/c1-2-3-6-23-9-11-24(12-10-23)31(37)34-16-5-15-33(18-19-34)29(36)22-35-17-13-28-27(14-20-38-28)30(35)25-7-4-8-26(32)21-25/h4,7-12,14,20-21,30H,2-3,5-6,13,15-19,22H2,1H3/t30-/m0/s1. The molecule has 38 heavy (non-hydrogen) atoms. The van der Waals surface area contributed by atoms with Crippen LogP contribution in [0.25, 0.3) is 0 Å². The number of nitrogens with zero attached hydrogens (tertiary/aromatic N) is 3. The monoisotopic (exact) mass is 533 g/mol. The normalized spacial score (nSPS) is 18.2. The molecule has 0 spiro atoms. The topological polar surface area (TPSA) is 43.9 Å². The Morgan fingerprint density at radius 3 is 2.55 bits per heavy atom. The molecule has 0 radical (unpaired) electrons. The first kappa shape index (κ1) is 26.6. The van der Waals surface area contributed by atoms with E-state index in [-0.39, 0.29) is 30.2 Å². The highest BCUT2D eigenvalue weighted by Crippen LogP contribution is 2.37. The quantitative estimate of drug-likeness (QED) is 0.400. The molecule has 1 saturated heterocycles. The fourth-order valence-corrected chi connectivity index (χ4v) is 6.53. The molecule has 0 saturated carbocycles. The zero-order chi connectivity index (χ0) is 26.5. The largest absolute Gasteiger partial charge is 0.340 e. The Bertz CT molecular complexity index is 1260. The number of fused-ring (bicyclic) bond motifs is 1. The smallest absolute Gasteiger partial charge is 0.253 e. The third-order valence-electron chi connectivity index (χ3n) is 7.72. The Balaban J connectivity index is 1.23. The van der Waals surface area contributed by atoms with Gasteiger partial charge in [-0.2, -0.15) is 0 Å².